The van der Waals surface area contributed by atoms with Gasteiger partial charge < -0.3 is 14.2 Å². The molecule has 1 aromatic carbocycles. The first-order valence-corrected chi connectivity index (χ1v) is 9.63. The van der Waals surface area contributed by atoms with E-state index in [0.717, 1.165) is 31.7 Å². The van der Waals surface area contributed by atoms with Gasteiger partial charge in [-0.25, -0.2) is 4.39 Å². The third kappa shape index (κ3) is 4.02. The number of piperidine rings is 1. The minimum absolute atomic E-state index is 0.0137. The molecule has 146 valence electrons. The fourth-order valence-corrected chi connectivity index (χ4v) is 3.66. The first kappa shape index (κ1) is 18.5. The van der Waals surface area contributed by atoms with Crippen molar-refractivity contribution in [2.24, 2.45) is 0 Å². The minimum atomic E-state index is -0.383. The Labute approximate surface area is 163 Å². The highest BCUT2D eigenvalue weighted by molar-refractivity contribution is 5.92. The van der Waals surface area contributed by atoms with Crippen LogP contribution in [0.25, 0.3) is 11.3 Å². The van der Waals surface area contributed by atoms with Crippen LogP contribution < -0.4 is 5.32 Å². The number of halogens is 1. The number of benzene rings is 1. The third-order valence-corrected chi connectivity index (χ3v) is 5.13. The van der Waals surface area contributed by atoms with Gasteiger partial charge in [0.25, 0.3) is 5.91 Å². The van der Waals surface area contributed by atoms with Crippen molar-refractivity contribution in [3.8, 4) is 11.3 Å². The first-order valence-electron chi connectivity index (χ1n) is 9.63. The first-order chi connectivity index (χ1) is 13.7. The molecule has 0 radical (unpaired) electrons. The van der Waals surface area contributed by atoms with Crippen molar-refractivity contribution in [1.82, 2.24) is 10.2 Å². The fraction of sp³-hybridized carbons (Fsp3) is 0.318. The SMILES string of the molecule is O=C(NCC(c1ccco1)N1CCCCC1)c1ccc(-c2ccccc2F)o1. The normalized spacial score (nSPS) is 16.0. The van der Waals surface area contributed by atoms with E-state index in [-0.39, 0.29) is 23.5 Å². The van der Waals surface area contributed by atoms with Crippen molar-refractivity contribution in [3.63, 3.8) is 0 Å². The molecule has 0 spiro atoms. The van der Waals surface area contributed by atoms with E-state index in [1.54, 1.807) is 36.6 Å². The van der Waals surface area contributed by atoms with Crippen LogP contribution in [0.5, 0.6) is 0 Å². The second-order valence-electron chi connectivity index (χ2n) is 6.98. The molecule has 2 aromatic heterocycles. The standard InChI is InChI=1S/C22H23FN2O3/c23-17-8-3-2-7-16(17)19-10-11-21(28-19)22(26)24-15-18(20-9-6-14-27-20)25-12-4-1-5-13-25/h2-3,6-11,14,18H,1,4-5,12-13,15H2,(H,24,26). The Kier molecular flexibility index (Phi) is 5.58. The number of rotatable bonds is 6. The number of furan rings is 2. The van der Waals surface area contributed by atoms with Gasteiger partial charge in [0.1, 0.15) is 17.3 Å². The lowest BCUT2D eigenvalue weighted by atomic mass is 10.1. The number of hydrogen-bond donors (Lipinski definition) is 1. The lowest BCUT2D eigenvalue weighted by molar-refractivity contribution is 0.0888. The summed E-state index contributed by atoms with van der Waals surface area (Å²) in [5.41, 5.74) is 0.336. The molecule has 5 nitrogen and oxygen atoms in total. The number of nitrogens with one attached hydrogen (secondary N) is 1. The maximum atomic E-state index is 13.9. The number of carbonyl (C=O) groups is 1. The number of nitrogens with zero attached hydrogens (tertiary/aromatic N) is 1. The van der Waals surface area contributed by atoms with Crippen molar-refractivity contribution in [2.45, 2.75) is 25.3 Å². The highest BCUT2D eigenvalue weighted by atomic mass is 19.1. The highest BCUT2D eigenvalue weighted by Gasteiger charge is 2.25. The second-order valence-corrected chi connectivity index (χ2v) is 6.98. The summed E-state index contributed by atoms with van der Waals surface area (Å²) in [4.78, 5) is 14.9. The Morgan fingerprint density at radius 3 is 2.64 bits per heavy atom. The Morgan fingerprint density at radius 2 is 1.89 bits per heavy atom. The molecule has 1 N–H and O–H groups in total. The summed E-state index contributed by atoms with van der Waals surface area (Å²) in [5.74, 6) is 0.633. The molecule has 3 aromatic rings. The van der Waals surface area contributed by atoms with Crippen LogP contribution >= 0.6 is 0 Å². The molecule has 1 saturated heterocycles. The maximum Gasteiger partial charge on any atom is 0.287 e. The van der Waals surface area contributed by atoms with Gasteiger partial charge in [-0.15, -0.1) is 0 Å². The Bertz CT molecular complexity index is 914. The van der Waals surface area contributed by atoms with Gasteiger partial charge >= 0.3 is 0 Å². The lowest BCUT2D eigenvalue weighted by Crippen LogP contribution is -2.40. The number of carbonyl (C=O) groups excluding carboxylic acids is 1. The zero-order valence-electron chi connectivity index (χ0n) is 15.6. The van der Waals surface area contributed by atoms with Gasteiger partial charge in [0.15, 0.2) is 5.76 Å². The monoisotopic (exact) mass is 382 g/mol. The summed E-state index contributed by atoms with van der Waals surface area (Å²) in [6.07, 6.45) is 5.19. The molecule has 1 amide bonds. The van der Waals surface area contributed by atoms with E-state index < -0.39 is 0 Å². The number of amides is 1. The molecule has 1 aliphatic rings. The molecular formula is C22H23FN2O3. The van der Waals surface area contributed by atoms with Gasteiger partial charge in [-0.3, -0.25) is 9.69 Å². The Balaban J connectivity index is 1.45. The van der Waals surface area contributed by atoms with Crippen LogP contribution in [0.15, 0.2) is 63.6 Å². The number of likely N-dealkylation sites (tertiary alicyclic amines) is 1. The Hall–Kier alpha value is -2.86. The van der Waals surface area contributed by atoms with E-state index >= 15 is 0 Å². The molecule has 3 heterocycles. The van der Waals surface area contributed by atoms with E-state index in [2.05, 4.69) is 10.2 Å². The second kappa shape index (κ2) is 8.44. The molecule has 1 atom stereocenters. The summed E-state index contributed by atoms with van der Waals surface area (Å²) in [6.45, 7) is 2.39. The van der Waals surface area contributed by atoms with Crippen molar-refractivity contribution in [2.75, 3.05) is 19.6 Å². The average Bonchev–Trinajstić information content (AvgIpc) is 3.42. The number of hydrogen-bond acceptors (Lipinski definition) is 4. The molecule has 4 rings (SSSR count). The van der Waals surface area contributed by atoms with Crippen molar-refractivity contribution in [3.05, 3.63) is 72.1 Å². The minimum Gasteiger partial charge on any atom is -0.468 e. The predicted octanol–water partition coefficient (Wildman–Crippen LogP) is 4.64. The third-order valence-electron chi connectivity index (χ3n) is 5.13. The van der Waals surface area contributed by atoms with E-state index in [9.17, 15) is 9.18 Å². The summed E-state index contributed by atoms with van der Waals surface area (Å²) < 4.78 is 25.1. The smallest absolute Gasteiger partial charge is 0.287 e. The van der Waals surface area contributed by atoms with Gasteiger partial charge in [0.2, 0.25) is 0 Å². The van der Waals surface area contributed by atoms with Crippen LogP contribution in [0, 0.1) is 5.82 Å². The van der Waals surface area contributed by atoms with Crippen LogP contribution in [-0.2, 0) is 0 Å². The van der Waals surface area contributed by atoms with Crippen molar-refractivity contribution < 1.29 is 18.0 Å². The van der Waals surface area contributed by atoms with Crippen LogP contribution in [-0.4, -0.2) is 30.4 Å². The van der Waals surface area contributed by atoms with E-state index in [4.69, 9.17) is 8.83 Å². The van der Waals surface area contributed by atoms with Crippen LogP contribution in [0.4, 0.5) is 4.39 Å². The van der Waals surface area contributed by atoms with Gasteiger partial charge in [0.05, 0.1) is 17.9 Å². The molecule has 0 bridgehead atoms. The fourth-order valence-electron chi connectivity index (χ4n) is 3.66. The molecule has 6 heteroatoms. The predicted molar refractivity (Wildman–Crippen MR) is 103 cm³/mol. The van der Waals surface area contributed by atoms with Gasteiger partial charge in [-0.2, -0.15) is 0 Å². The van der Waals surface area contributed by atoms with Gasteiger partial charge in [-0.1, -0.05) is 18.6 Å². The zero-order valence-corrected chi connectivity index (χ0v) is 15.6. The molecule has 0 saturated carbocycles. The molecule has 0 aliphatic carbocycles. The van der Waals surface area contributed by atoms with Gasteiger partial charge in [-0.05, 0) is 62.3 Å². The summed E-state index contributed by atoms with van der Waals surface area (Å²) in [5, 5.41) is 2.94. The van der Waals surface area contributed by atoms with Crippen molar-refractivity contribution in [1.29, 1.82) is 0 Å². The largest absolute Gasteiger partial charge is 0.468 e. The van der Waals surface area contributed by atoms with Crippen LogP contribution in [0.2, 0.25) is 0 Å². The van der Waals surface area contributed by atoms with Crippen LogP contribution in [0.3, 0.4) is 0 Å². The van der Waals surface area contributed by atoms with Gasteiger partial charge in [0, 0.05) is 6.54 Å². The van der Waals surface area contributed by atoms with E-state index in [1.165, 1.54) is 12.5 Å². The summed E-state index contributed by atoms with van der Waals surface area (Å²) in [6, 6.07) is 13.3. The summed E-state index contributed by atoms with van der Waals surface area (Å²) in [7, 11) is 0. The molecular weight excluding hydrogens is 359 g/mol. The molecule has 28 heavy (non-hydrogen) atoms. The van der Waals surface area contributed by atoms with Crippen LogP contribution in [0.1, 0.15) is 41.6 Å². The Morgan fingerprint density at radius 1 is 1.07 bits per heavy atom. The van der Waals surface area contributed by atoms with Crippen molar-refractivity contribution >= 4 is 5.91 Å². The molecule has 1 fully saturated rings. The summed E-state index contributed by atoms with van der Waals surface area (Å²) >= 11 is 0. The topological polar surface area (TPSA) is 58.6 Å². The quantitative estimate of drug-likeness (QED) is 0.675. The average molecular weight is 382 g/mol. The van der Waals surface area contributed by atoms with E-state index in [0.29, 0.717) is 17.9 Å². The molecule has 1 unspecified atom stereocenters. The van der Waals surface area contributed by atoms with E-state index in [1.807, 2.05) is 12.1 Å². The lowest BCUT2D eigenvalue weighted by Gasteiger charge is -2.33. The molecule has 1 aliphatic heterocycles. The zero-order chi connectivity index (χ0) is 19.3. The highest BCUT2D eigenvalue weighted by Crippen LogP contribution is 2.26. The maximum absolute atomic E-state index is 13.9.